The van der Waals surface area contributed by atoms with Gasteiger partial charge in [0.2, 0.25) is 5.82 Å². The molecular formula is C26H15BrCl2N4O4. The van der Waals surface area contributed by atoms with Crippen LogP contribution in [0.25, 0.3) is 33.5 Å². The Labute approximate surface area is 228 Å². The molecule has 11 heteroatoms. The Hall–Kier alpha value is -3.84. The summed E-state index contributed by atoms with van der Waals surface area (Å²) in [5, 5.41) is 15.2. The number of aromatic nitrogens is 2. The highest BCUT2D eigenvalue weighted by Gasteiger charge is 2.19. The van der Waals surface area contributed by atoms with Crippen molar-refractivity contribution in [3.8, 4) is 29.2 Å². The van der Waals surface area contributed by atoms with Crippen LogP contribution in [0.1, 0.15) is 5.56 Å². The first-order chi connectivity index (χ1) is 17.9. The normalized spacial score (nSPS) is 11.3. The van der Waals surface area contributed by atoms with E-state index in [2.05, 4.69) is 26.0 Å². The Morgan fingerprint density at radius 3 is 2.81 bits per heavy atom. The molecule has 184 valence electrons. The molecule has 37 heavy (non-hydrogen) atoms. The molecule has 3 aromatic carbocycles. The lowest BCUT2D eigenvalue weighted by molar-refractivity contribution is 0.329. The van der Waals surface area contributed by atoms with Gasteiger partial charge in [-0.25, -0.2) is 4.98 Å². The number of rotatable bonds is 6. The third kappa shape index (κ3) is 4.67. The summed E-state index contributed by atoms with van der Waals surface area (Å²) in [5.41, 5.74) is 1.19. The van der Waals surface area contributed by atoms with Crippen LogP contribution < -0.4 is 15.0 Å². The van der Waals surface area contributed by atoms with Crippen LogP contribution in [0.5, 0.6) is 11.5 Å². The molecule has 0 aliphatic rings. The maximum atomic E-state index is 13.5. The Morgan fingerprint density at radius 2 is 2.03 bits per heavy atom. The van der Waals surface area contributed by atoms with Gasteiger partial charge in [0.25, 0.3) is 5.56 Å². The van der Waals surface area contributed by atoms with E-state index in [0.717, 1.165) is 10.1 Å². The summed E-state index contributed by atoms with van der Waals surface area (Å²) < 4.78 is 18.4. The molecule has 8 nitrogen and oxygen atoms in total. The van der Waals surface area contributed by atoms with Crippen molar-refractivity contribution in [2.24, 2.45) is 5.10 Å². The van der Waals surface area contributed by atoms with E-state index in [1.807, 2.05) is 6.07 Å². The number of nitrogens with zero attached hydrogens (tertiary/aromatic N) is 4. The number of fused-ring (bicyclic) bond motifs is 2. The molecule has 0 saturated heterocycles. The summed E-state index contributed by atoms with van der Waals surface area (Å²) in [6, 6.07) is 17.5. The average molecular weight is 598 g/mol. The van der Waals surface area contributed by atoms with Crippen molar-refractivity contribution >= 4 is 67.2 Å². The second kappa shape index (κ2) is 10.3. The lowest BCUT2D eigenvalue weighted by Gasteiger charge is -2.13. The van der Waals surface area contributed by atoms with Gasteiger partial charge in [0.1, 0.15) is 16.7 Å². The fourth-order valence-electron chi connectivity index (χ4n) is 3.72. The van der Waals surface area contributed by atoms with Crippen molar-refractivity contribution in [1.82, 2.24) is 9.66 Å². The first-order valence-electron chi connectivity index (χ1n) is 10.7. The van der Waals surface area contributed by atoms with Crippen LogP contribution in [0.3, 0.4) is 0 Å². The van der Waals surface area contributed by atoms with Gasteiger partial charge in [-0.15, -0.1) is 0 Å². The largest absolute Gasteiger partial charge is 0.493 e. The monoisotopic (exact) mass is 596 g/mol. The molecule has 0 saturated carbocycles. The van der Waals surface area contributed by atoms with Gasteiger partial charge in [0, 0.05) is 20.4 Å². The summed E-state index contributed by atoms with van der Waals surface area (Å²) >= 11 is 16.0. The van der Waals surface area contributed by atoms with Crippen molar-refractivity contribution in [3.05, 3.63) is 85.0 Å². The molecule has 0 atom stereocenters. The van der Waals surface area contributed by atoms with Crippen LogP contribution >= 0.6 is 39.1 Å². The van der Waals surface area contributed by atoms with Gasteiger partial charge in [-0.3, -0.25) is 4.79 Å². The van der Waals surface area contributed by atoms with Crippen molar-refractivity contribution in [2.75, 3.05) is 13.7 Å². The standard InChI is InChI=1S/C26H15BrCl2N4O4/c1-35-20-12-15(22(27)23(29)24(20)36-9-8-30)13-31-33-25(32-18-5-3-2-4-17(18)26(33)34)21-11-14-10-16(28)6-7-19(14)37-21/h2-7,10-13H,9H2,1H3. The Bertz CT molecular complexity index is 1810. The summed E-state index contributed by atoms with van der Waals surface area (Å²) in [5.74, 6) is 1.05. The predicted molar refractivity (Wildman–Crippen MR) is 146 cm³/mol. The lowest BCUT2D eigenvalue weighted by Crippen LogP contribution is -2.20. The first kappa shape index (κ1) is 24.8. The number of halogens is 3. The summed E-state index contributed by atoms with van der Waals surface area (Å²) in [6.07, 6.45) is 1.44. The fourth-order valence-corrected chi connectivity index (χ4v) is 4.56. The minimum atomic E-state index is -0.390. The van der Waals surface area contributed by atoms with Crippen molar-refractivity contribution in [3.63, 3.8) is 0 Å². The summed E-state index contributed by atoms with van der Waals surface area (Å²) in [4.78, 5) is 18.2. The number of hydrogen-bond donors (Lipinski definition) is 0. The number of benzene rings is 3. The molecule has 0 fully saturated rings. The molecule has 0 aliphatic carbocycles. The molecule has 5 rings (SSSR count). The molecule has 0 radical (unpaired) electrons. The van der Waals surface area contributed by atoms with Gasteiger partial charge in [-0.1, -0.05) is 35.3 Å². The van der Waals surface area contributed by atoms with Gasteiger partial charge in [0.15, 0.2) is 23.9 Å². The second-order valence-corrected chi connectivity index (χ2v) is 9.29. The predicted octanol–water partition coefficient (Wildman–Crippen LogP) is 6.67. The van der Waals surface area contributed by atoms with E-state index < -0.39 is 5.56 Å². The Morgan fingerprint density at radius 1 is 1.22 bits per heavy atom. The molecule has 0 amide bonds. The zero-order chi connectivity index (χ0) is 26.1. The minimum absolute atomic E-state index is 0.189. The molecule has 2 aromatic heterocycles. The molecule has 0 unspecified atom stereocenters. The molecule has 2 heterocycles. The Kier molecular flexibility index (Phi) is 6.89. The maximum Gasteiger partial charge on any atom is 0.282 e. The van der Waals surface area contributed by atoms with E-state index in [4.69, 9.17) is 42.4 Å². The van der Waals surface area contributed by atoms with Crippen molar-refractivity contribution in [1.29, 1.82) is 5.26 Å². The maximum absolute atomic E-state index is 13.5. The van der Waals surface area contributed by atoms with Gasteiger partial charge in [-0.2, -0.15) is 15.0 Å². The molecule has 0 N–H and O–H groups in total. The van der Waals surface area contributed by atoms with E-state index in [1.165, 1.54) is 13.3 Å². The first-order valence-corrected chi connectivity index (χ1v) is 12.3. The van der Waals surface area contributed by atoms with E-state index >= 15 is 0 Å². The zero-order valence-corrected chi connectivity index (χ0v) is 22.1. The van der Waals surface area contributed by atoms with E-state index in [1.54, 1.807) is 54.6 Å². The average Bonchev–Trinajstić information content (AvgIpc) is 3.32. The van der Waals surface area contributed by atoms with Gasteiger partial charge < -0.3 is 13.9 Å². The van der Waals surface area contributed by atoms with Crippen molar-refractivity contribution in [2.45, 2.75) is 0 Å². The highest BCUT2D eigenvalue weighted by atomic mass is 79.9. The van der Waals surface area contributed by atoms with Crippen LogP contribution in [-0.2, 0) is 0 Å². The van der Waals surface area contributed by atoms with E-state index in [0.29, 0.717) is 43.1 Å². The highest BCUT2D eigenvalue weighted by molar-refractivity contribution is 9.10. The topological polar surface area (TPSA) is 103 Å². The number of para-hydroxylation sites is 1. The molecule has 0 aliphatic heterocycles. The van der Waals surface area contributed by atoms with Crippen LogP contribution in [0.4, 0.5) is 0 Å². The third-order valence-corrected chi connectivity index (χ3v) is 7.10. The van der Waals surface area contributed by atoms with E-state index in [-0.39, 0.29) is 23.2 Å². The molecular weight excluding hydrogens is 583 g/mol. The molecule has 5 aromatic rings. The summed E-state index contributed by atoms with van der Waals surface area (Å²) in [7, 11) is 1.45. The van der Waals surface area contributed by atoms with Crippen molar-refractivity contribution < 1.29 is 13.9 Å². The van der Waals surface area contributed by atoms with Gasteiger partial charge in [-0.05, 0) is 58.4 Å². The number of methoxy groups -OCH3 is 1. The minimum Gasteiger partial charge on any atom is -0.493 e. The number of hydrogen-bond acceptors (Lipinski definition) is 7. The smallest absolute Gasteiger partial charge is 0.282 e. The molecule has 0 bridgehead atoms. The second-order valence-electron chi connectivity index (χ2n) is 7.68. The third-order valence-electron chi connectivity index (χ3n) is 5.42. The van der Waals surface area contributed by atoms with Crippen LogP contribution in [0, 0.1) is 11.3 Å². The van der Waals surface area contributed by atoms with Crippen LogP contribution in [0.15, 0.2) is 73.4 Å². The Balaban J connectivity index is 1.69. The summed E-state index contributed by atoms with van der Waals surface area (Å²) in [6.45, 7) is -0.208. The number of ether oxygens (including phenoxy) is 2. The SMILES string of the molecule is COc1cc(C=Nn2c(-c3cc4cc(Cl)ccc4o3)nc3ccccc3c2=O)c(Br)c(Cl)c1OCC#N. The highest BCUT2D eigenvalue weighted by Crippen LogP contribution is 2.42. The lowest BCUT2D eigenvalue weighted by atomic mass is 10.2. The number of nitriles is 1. The van der Waals surface area contributed by atoms with Gasteiger partial charge >= 0.3 is 0 Å². The quantitative estimate of drug-likeness (QED) is 0.202. The van der Waals surface area contributed by atoms with Crippen LogP contribution in [0.2, 0.25) is 10.0 Å². The fraction of sp³-hybridized carbons (Fsp3) is 0.0769. The zero-order valence-electron chi connectivity index (χ0n) is 19.0. The van der Waals surface area contributed by atoms with Gasteiger partial charge in [0.05, 0.1) is 24.2 Å². The molecule has 0 spiro atoms. The number of furan rings is 1. The van der Waals surface area contributed by atoms with E-state index in [9.17, 15) is 4.79 Å². The van der Waals surface area contributed by atoms with Crippen LogP contribution in [-0.4, -0.2) is 29.6 Å².